The summed E-state index contributed by atoms with van der Waals surface area (Å²) in [6.07, 6.45) is 3.44. The number of methoxy groups -OCH3 is 2. The number of nitrogens with one attached hydrogen (secondary N) is 2. The van der Waals surface area contributed by atoms with Crippen LogP contribution in [0, 0.1) is 0 Å². The van der Waals surface area contributed by atoms with Gasteiger partial charge < -0.3 is 14.8 Å². The molecule has 0 radical (unpaired) electrons. The number of aryl methyl sites for hydroxylation is 1. The van der Waals surface area contributed by atoms with Gasteiger partial charge in [-0.15, -0.1) is 11.3 Å². The van der Waals surface area contributed by atoms with Gasteiger partial charge in [-0.1, -0.05) is 6.07 Å². The van der Waals surface area contributed by atoms with Gasteiger partial charge in [0.25, 0.3) is 11.5 Å². The Morgan fingerprint density at radius 2 is 1.88 bits per heavy atom. The first kappa shape index (κ1) is 21.9. The molecule has 1 aromatic carbocycles. The molecule has 10 heteroatoms. The minimum Gasteiger partial charge on any atom is -0.497 e. The summed E-state index contributed by atoms with van der Waals surface area (Å²) in [7, 11) is 3.05. The van der Waals surface area contributed by atoms with Crippen LogP contribution in [-0.4, -0.2) is 39.9 Å². The van der Waals surface area contributed by atoms with Crippen LogP contribution in [0.3, 0.4) is 0 Å². The van der Waals surface area contributed by atoms with Gasteiger partial charge in [-0.2, -0.15) is 9.78 Å². The van der Waals surface area contributed by atoms with Crippen LogP contribution in [0.15, 0.2) is 46.6 Å². The molecular weight excluding hydrogens is 454 g/mol. The summed E-state index contributed by atoms with van der Waals surface area (Å²) in [6.45, 7) is 0. The van der Waals surface area contributed by atoms with Crippen molar-refractivity contribution in [2.45, 2.75) is 25.7 Å². The molecule has 174 valence electrons. The molecule has 0 aliphatic heterocycles. The average molecular weight is 478 g/mol. The summed E-state index contributed by atoms with van der Waals surface area (Å²) in [6, 6.07) is 10.6. The van der Waals surface area contributed by atoms with E-state index in [1.54, 1.807) is 24.3 Å². The van der Waals surface area contributed by atoms with Gasteiger partial charge in [-0.3, -0.25) is 14.6 Å². The number of carbonyl (C=O) groups is 1. The predicted molar refractivity (Wildman–Crippen MR) is 129 cm³/mol. The summed E-state index contributed by atoms with van der Waals surface area (Å²) >= 11 is 1.53. The van der Waals surface area contributed by atoms with E-state index in [9.17, 15) is 9.59 Å². The SMILES string of the molecule is COc1cc(OC)cc(C(=O)Nc2cc(-c3cccs3)nn2-c2nc3c(c(=O)[nH]2)CCCC3)c1. The smallest absolute Gasteiger partial charge is 0.257 e. The van der Waals surface area contributed by atoms with E-state index in [1.165, 1.54) is 30.2 Å². The molecule has 1 aliphatic carbocycles. The molecule has 0 bridgehead atoms. The molecule has 34 heavy (non-hydrogen) atoms. The van der Waals surface area contributed by atoms with Crippen LogP contribution in [0.4, 0.5) is 5.82 Å². The molecule has 0 spiro atoms. The van der Waals surface area contributed by atoms with Gasteiger partial charge >= 0.3 is 0 Å². The topological polar surface area (TPSA) is 111 Å². The molecule has 9 nitrogen and oxygen atoms in total. The highest BCUT2D eigenvalue weighted by Gasteiger charge is 2.21. The monoisotopic (exact) mass is 477 g/mol. The largest absolute Gasteiger partial charge is 0.497 e. The lowest BCUT2D eigenvalue weighted by Gasteiger charge is -2.15. The van der Waals surface area contributed by atoms with Crippen LogP contribution < -0.4 is 20.3 Å². The van der Waals surface area contributed by atoms with Crippen molar-refractivity contribution in [3.8, 4) is 28.0 Å². The lowest BCUT2D eigenvalue weighted by Crippen LogP contribution is -2.24. The fraction of sp³-hybridized carbons (Fsp3) is 0.250. The number of anilines is 1. The van der Waals surface area contributed by atoms with Gasteiger partial charge in [0.05, 0.1) is 24.8 Å². The number of rotatable bonds is 6. The number of aromatic amines is 1. The van der Waals surface area contributed by atoms with Gasteiger partial charge in [0.1, 0.15) is 23.0 Å². The second-order valence-electron chi connectivity index (χ2n) is 7.88. The highest BCUT2D eigenvalue weighted by Crippen LogP contribution is 2.29. The van der Waals surface area contributed by atoms with Crippen molar-refractivity contribution >= 4 is 23.1 Å². The molecule has 4 aromatic rings. The van der Waals surface area contributed by atoms with E-state index in [2.05, 4.69) is 15.4 Å². The first-order valence-electron chi connectivity index (χ1n) is 10.9. The van der Waals surface area contributed by atoms with E-state index in [0.29, 0.717) is 28.6 Å². The van der Waals surface area contributed by atoms with Crippen molar-refractivity contribution in [3.05, 3.63) is 69.0 Å². The standard InChI is InChI=1S/C24H23N5O4S/c1-32-15-10-14(11-16(12-15)33-2)22(30)26-21-13-19(20-8-5-9-34-20)28-29(21)24-25-18-7-4-3-6-17(18)23(31)27-24/h5,8-13H,3-4,6-7H2,1-2H3,(H,26,30)(H,25,27,31). The molecule has 0 fully saturated rings. The molecule has 5 rings (SSSR count). The number of carbonyl (C=O) groups excluding carboxylic acids is 1. The summed E-state index contributed by atoms with van der Waals surface area (Å²) in [5.41, 5.74) is 2.37. The van der Waals surface area contributed by atoms with Crippen molar-refractivity contribution in [2.24, 2.45) is 0 Å². The number of ether oxygens (including phenoxy) is 2. The highest BCUT2D eigenvalue weighted by atomic mass is 32.1. The van der Waals surface area contributed by atoms with Gasteiger partial charge in [0.15, 0.2) is 0 Å². The quantitative estimate of drug-likeness (QED) is 0.437. The number of benzene rings is 1. The zero-order valence-electron chi connectivity index (χ0n) is 18.8. The van der Waals surface area contributed by atoms with Crippen LogP contribution in [0.25, 0.3) is 16.5 Å². The van der Waals surface area contributed by atoms with Gasteiger partial charge in [0.2, 0.25) is 5.95 Å². The molecule has 3 heterocycles. The molecule has 1 aliphatic rings. The number of hydrogen-bond acceptors (Lipinski definition) is 7. The highest BCUT2D eigenvalue weighted by molar-refractivity contribution is 7.13. The third-order valence-corrected chi connectivity index (χ3v) is 6.61. The number of H-pyrrole nitrogens is 1. The number of hydrogen-bond donors (Lipinski definition) is 2. The zero-order chi connectivity index (χ0) is 23.7. The molecular formula is C24H23N5O4S. The van der Waals surface area contributed by atoms with E-state index < -0.39 is 0 Å². The van der Waals surface area contributed by atoms with Gasteiger partial charge in [-0.25, -0.2) is 4.98 Å². The maximum absolute atomic E-state index is 13.2. The second kappa shape index (κ2) is 9.14. The number of fused-ring (bicyclic) bond motifs is 1. The Hall–Kier alpha value is -3.92. The maximum atomic E-state index is 13.2. The predicted octanol–water partition coefficient (Wildman–Crippen LogP) is 3.83. The van der Waals surface area contributed by atoms with E-state index in [4.69, 9.17) is 14.5 Å². The number of thiophene rings is 1. The molecule has 2 N–H and O–H groups in total. The fourth-order valence-corrected chi connectivity index (χ4v) is 4.68. The lowest BCUT2D eigenvalue weighted by molar-refractivity contribution is 0.102. The fourth-order valence-electron chi connectivity index (χ4n) is 3.99. The van der Waals surface area contributed by atoms with Gasteiger partial charge in [-0.05, 0) is 49.3 Å². The van der Waals surface area contributed by atoms with Crippen molar-refractivity contribution in [3.63, 3.8) is 0 Å². The van der Waals surface area contributed by atoms with Crippen molar-refractivity contribution < 1.29 is 14.3 Å². The number of amides is 1. The first-order chi connectivity index (χ1) is 16.6. The first-order valence-corrected chi connectivity index (χ1v) is 11.7. The summed E-state index contributed by atoms with van der Waals surface area (Å²) in [5, 5.41) is 9.51. The summed E-state index contributed by atoms with van der Waals surface area (Å²) < 4.78 is 12.0. The van der Waals surface area contributed by atoms with E-state index >= 15 is 0 Å². The van der Waals surface area contributed by atoms with Crippen molar-refractivity contribution in [1.29, 1.82) is 0 Å². The van der Waals surface area contributed by atoms with Crippen LogP contribution in [0.5, 0.6) is 11.5 Å². The summed E-state index contributed by atoms with van der Waals surface area (Å²) in [5.74, 6) is 1.27. The molecule has 0 unspecified atom stereocenters. The zero-order valence-corrected chi connectivity index (χ0v) is 19.6. The van der Waals surface area contributed by atoms with E-state index in [-0.39, 0.29) is 17.4 Å². The Labute approximate surface area is 199 Å². The Morgan fingerprint density at radius 1 is 1.12 bits per heavy atom. The Bertz CT molecular complexity index is 1390. The van der Waals surface area contributed by atoms with Gasteiger partial charge in [0, 0.05) is 23.3 Å². The second-order valence-corrected chi connectivity index (χ2v) is 8.83. The number of nitrogens with zero attached hydrogens (tertiary/aromatic N) is 3. The molecule has 0 atom stereocenters. The van der Waals surface area contributed by atoms with Crippen LogP contribution >= 0.6 is 11.3 Å². The van der Waals surface area contributed by atoms with Crippen LogP contribution in [0.2, 0.25) is 0 Å². The third-order valence-electron chi connectivity index (χ3n) is 5.72. The minimum atomic E-state index is -0.378. The molecule has 3 aromatic heterocycles. The Balaban J connectivity index is 1.57. The number of aromatic nitrogens is 4. The molecule has 0 saturated carbocycles. The molecule has 1 amide bonds. The van der Waals surface area contributed by atoms with Crippen LogP contribution in [-0.2, 0) is 12.8 Å². The minimum absolute atomic E-state index is 0.164. The van der Waals surface area contributed by atoms with Crippen molar-refractivity contribution in [1.82, 2.24) is 19.7 Å². The van der Waals surface area contributed by atoms with E-state index in [0.717, 1.165) is 41.8 Å². The van der Waals surface area contributed by atoms with Crippen LogP contribution in [0.1, 0.15) is 34.5 Å². The Morgan fingerprint density at radius 3 is 2.59 bits per heavy atom. The molecule has 0 saturated heterocycles. The average Bonchev–Trinajstić information content (AvgIpc) is 3.54. The normalized spacial score (nSPS) is 12.8. The summed E-state index contributed by atoms with van der Waals surface area (Å²) in [4.78, 5) is 34.4. The lowest BCUT2D eigenvalue weighted by atomic mass is 9.97. The Kier molecular flexibility index (Phi) is 5.89. The maximum Gasteiger partial charge on any atom is 0.257 e. The third kappa shape index (κ3) is 4.19. The van der Waals surface area contributed by atoms with Crippen molar-refractivity contribution in [2.75, 3.05) is 19.5 Å². The van der Waals surface area contributed by atoms with E-state index in [1.807, 2.05) is 17.5 Å².